The Bertz CT molecular complexity index is 375. The van der Waals surface area contributed by atoms with Gasteiger partial charge >= 0.3 is 0 Å². The topological polar surface area (TPSA) is 29.5 Å². The first kappa shape index (κ1) is 12.4. The zero-order chi connectivity index (χ0) is 12.3. The van der Waals surface area contributed by atoms with E-state index in [0.29, 0.717) is 12.5 Å². The summed E-state index contributed by atoms with van der Waals surface area (Å²) in [5.74, 6) is 1.21. The summed E-state index contributed by atoms with van der Waals surface area (Å²) >= 11 is 0. The van der Waals surface area contributed by atoms with E-state index in [9.17, 15) is 5.11 Å². The fraction of sp³-hybridized carbons (Fsp3) is 0.600. The monoisotopic (exact) mass is 234 g/mol. The van der Waals surface area contributed by atoms with Crippen LogP contribution in [0.25, 0.3) is 0 Å². The maximum Gasteiger partial charge on any atom is 0.125 e. The molecule has 0 bridgehead atoms. The van der Waals surface area contributed by atoms with Crippen molar-refractivity contribution in [2.75, 3.05) is 6.61 Å². The smallest absolute Gasteiger partial charge is 0.125 e. The number of para-hydroxylation sites is 1. The van der Waals surface area contributed by atoms with Crippen molar-refractivity contribution in [3.63, 3.8) is 0 Å². The maximum absolute atomic E-state index is 10.9. The van der Waals surface area contributed by atoms with Gasteiger partial charge in [-0.05, 0) is 38.2 Å². The summed E-state index contributed by atoms with van der Waals surface area (Å²) in [6.07, 6.45) is 4.11. The van der Waals surface area contributed by atoms with E-state index in [-0.39, 0.29) is 0 Å². The summed E-state index contributed by atoms with van der Waals surface area (Å²) in [5, 5.41) is 10.9. The molecule has 2 unspecified atom stereocenters. The van der Waals surface area contributed by atoms with Crippen LogP contribution in [-0.4, -0.2) is 11.7 Å². The Morgan fingerprint density at radius 3 is 2.82 bits per heavy atom. The van der Waals surface area contributed by atoms with Crippen LogP contribution in [0.5, 0.6) is 5.75 Å². The minimum absolute atomic E-state index is 0.365. The quantitative estimate of drug-likeness (QED) is 0.864. The van der Waals surface area contributed by atoms with Crippen LogP contribution in [0, 0.1) is 5.92 Å². The first-order valence-electron chi connectivity index (χ1n) is 6.67. The highest BCUT2D eigenvalue weighted by molar-refractivity contribution is 5.39. The maximum atomic E-state index is 10.9. The molecule has 0 heterocycles. The Labute approximate surface area is 104 Å². The summed E-state index contributed by atoms with van der Waals surface area (Å²) in [5.41, 5.74) is 0.298. The molecule has 2 rings (SSSR count). The summed E-state index contributed by atoms with van der Waals surface area (Å²) < 4.78 is 5.65. The van der Waals surface area contributed by atoms with Gasteiger partial charge in [-0.15, -0.1) is 0 Å². The predicted octanol–water partition coefficient (Wildman–Crippen LogP) is 3.48. The second-order valence-electron chi connectivity index (χ2n) is 4.85. The molecule has 1 aromatic rings. The van der Waals surface area contributed by atoms with E-state index in [0.717, 1.165) is 37.0 Å². The Balaban J connectivity index is 2.38. The van der Waals surface area contributed by atoms with E-state index in [1.807, 2.05) is 31.2 Å². The average Bonchev–Trinajstić information content (AvgIpc) is 2.72. The van der Waals surface area contributed by atoms with Crippen LogP contribution in [0.2, 0.25) is 0 Å². The lowest BCUT2D eigenvalue weighted by Gasteiger charge is -2.31. The minimum atomic E-state index is -0.680. The summed E-state index contributed by atoms with van der Waals surface area (Å²) in [4.78, 5) is 0. The van der Waals surface area contributed by atoms with E-state index < -0.39 is 5.60 Å². The normalized spacial score (nSPS) is 28.3. The Morgan fingerprint density at radius 2 is 2.12 bits per heavy atom. The van der Waals surface area contributed by atoms with Gasteiger partial charge in [0.1, 0.15) is 5.75 Å². The second kappa shape index (κ2) is 5.09. The zero-order valence-corrected chi connectivity index (χ0v) is 10.8. The molecule has 0 aromatic heterocycles. The van der Waals surface area contributed by atoms with E-state index in [1.165, 1.54) is 0 Å². The van der Waals surface area contributed by atoms with Crippen LogP contribution in [0.15, 0.2) is 24.3 Å². The number of hydrogen-bond acceptors (Lipinski definition) is 2. The highest BCUT2D eigenvalue weighted by Gasteiger charge is 2.42. The van der Waals surface area contributed by atoms with Gasteiger partial charge in [0, 0.05) is 5.56 Å². The molecule has 0 aliphatic heterocycles. The largest absolute Gasteiger partial charge is 0.493 e. The van der Waals surface area contributed by atoms with Crippen molar-refractivity contribution in [1.29, 1.82) is 0 Å². The first-order chi connectivity index (χ1) is 8.22. The molecule has 0 radical (unpaired) electrons. The number of hydrogen-bond donors (Lipinski definition) is 1. The third kappa shape index (κ3) is 2.19. The molecule has 1 N–H and O–H groups in total. The molecule has 1 aliphatic rings. The van der Waals surface area contributed by atoms with Gasteiger partial charge < -0.3 is 9.84 Å². The fourth-order valence-electron chi connectivity index (χ4n) is 3.06. The Kier molecular flexibility index (Phi) is 3.72. The van der Waals surface area contributed by atoms with Crippen molar-refractivity contribution in [2.24, 2.45) is 5.92 Å². The van der Waals surface area contributed by atoms with Gasteiger partial charge in [0.05, 0.1) is 12.2 Å². The molecule has 1 aromatic carbocycles. The summed E-state index contributed by atoms with van der Waals surface area (Å²) in [7, 11) is 0. The molecule has 2 heteroatoms. The number of benzene rings is 1. The van der Waals surface area contributed by atoms with Crippen molar-refractivity contribution in [3.05, 3.63) is 29.8 Å². The second-order valence-corrected chi connectivity index (χ2v) is 4.85. The molecule has 1 aliphatic carbocycles. The van der Waals surface area contributed by atoms with Gasteiger partial charge in [0.2, 0.25) is 0 Å². The van der Waals surface area contributed by atoms with Crippen LogP contribution < -0.4 is 4.74 Å². The molecule has 0 amide bonds. The third-order valence-electron chi connectivity index (χ3n) is 3.93. The van der Waals surface area contributed by atoms with Gasteiger partial charge in [-0.25, -0.2) is 0 Å². The van der Waals surface area contributed by atoms with Crippen LogP contribution in [0.1, 0.15) is 45.1 Å². The molecule has 2 nitrogen and oxygen atoms in total. The van der Waals surface area contributed by atoms with E-state index in [1.54, 1.807) is 0 Å². The zero-order valence-electron chi connectivity index (χ0n) is 10.8. The van der Waals surface area contributed by atoms with Crippen LogP contribution in [0.4, 0.5) is 0 Å². The van der Waals surface area contributed by atoms with Crippen molar-refractivity contribution in [1.82, 2.24) is 0 Å². The van der Waals surface area contributed by atoms with E-state index in [2.05, 4.69) is 6.92 Å². The highest BCUT2D eigenvalue weighted by atomic mass is 16.5. The fourth-order valence-corrected chi connectivity index (χ4v) is 3.06. The number of aliphatic hydroxyl groups is 1. The van der Waals surface area contributed by atoms with Crippen LogP contribution >= 0.6 is 0 Å². The lowest BCUT2D eigenvalue weighted by atomic mass is 9.82. The van der Waals surface area contributed by atoms with Gasteiger partial charge in [-0.1, -0.05) is 31.5 Å². The molecule has 1 fully saturated rings. The predicted molar refractivity (Wildman–Crippen MR) is 69.1 cm³/mol. The number of ether oxygens (including phenoxy) is 1. The van der Waals surface area contributed by atoms with Crippen molar-refractivity contribution in [2.45, 2.75) is 45.1 Å². The Hall–Kier alpha value is -1.02. The first-order valence-corrected chi connectivity index (χ1v) is 6.67. The molecular formula is C15H22O2. The highest BCUT2D eigenvalue weighted by Crippen LogP contribution is 2.47. The third-order valence-corrected chi connectivity index (χ3v) is 3.93. The molecular weight excluding hydrogens is 212 g/mol. The average molecular weight is 234 g/mol. The lowest BCUT2D eigenvalue weighted by molar-refractivity contribution is -0.00619. The minimum Gasteiger partial charge on any atom is -0.493 e. The lowest BCUT2D eigenvalue weighted by Crippen LogP contribution is -2.30. The van der Waals surface area contributed by atoms with E-state index in [4.69, 9.17) is 4.74 Å². The molecule has 17 heavy (non-hydrogen) atoms. The van der Waals surface area contributed by atoms with E-state index >= 15 is 0 Å². The van der Waals surface area contributed by atoms with Crippen molar-refractivity contribution in [3.8, 4) is 5.75 Å². The van der Waals surface area contributed by atoms with Gasteiger partial charge in [-0.3, -0.25) is 0 Å². The van der Waals surface area contributed by atoms with Gasteiger partial charge in [0.25, 0.3) is 0 Å². The van der Waals surface area contributed by atoms with Crippen molar-refractivity contribution >= 4 is 0 Å². The molecule has 1 saturated carbocycles. The van der Waals surface area contributed by atoms with Gasteiger partial charge in [0.15, 0.2) is 0 Å². The standard InChI is InChI=1S/C15H22O2/c1-3-12-8-7-11-15(12,16)13-9-5-6-10-14(13)17-4-2/h5-6,9-10,12,16H,3-4,7-8,11H2,1-2H3. The van der Waals surface area contributed by atoms with Crippen LogP contribution in [-0.2, 0) is 5.60 Å². The Morgan fingerprint density at radius 1 is 1.35 bits per heavy atom. The molecule has 94 valence electrons. The molecule has 0 spiro atoms. The van der Waals surface area contributed by atoms with Gasteiger partial charge in [-0.2, -0.15) is 0 Å². The van der Waals surface area contributed by atoms with Crippen molar-refractivity contribution < 1.29 is 9.84 Å². The molecule has 2 atom stereocenters. The number of rotatable bonds is 4. The SMILES string of the molecule is CCOc1ccccc1C1(O)CCCC1CC. The van der Waals surface area contributed by atoms with Crippen LogP contribution in [0.3, 0.4) is 0 Å². The molecule has 0 saturated heterocycles. The summed E-state index contributed by atoms with van der Waals surface area (Å²) in [6.45, 7) is 4.78. The summed E-state index contributed by atoms with van der Waals surface area (Å²) in [6, 6.07) is 7.93.